The maximum Gasteiger partial charge on any atom is 0.160 e. The quantitative estimate of drug-likeness (QED) is 0.181. The monoisotopic (exact) mass is 690 g/mol. The van der Waals surface area contributed by atoms with Crippen molar-refractivity contribution in [3.05, 3.63) is 187 Å². The van der Waals surface area contributed by atoms with Gasteiger partial charge in [0.15, 0.2) is 5.82 Å². The zero-order valence-corrected chi connectivity index (χ0v) is 30.0. The highest BCUT2D eigenvalue weighted by Crippen LogP contribution is 2.53. The van der Waals surface area contributed by atoms with Gasteiger partial charge in [-0.1, -0.05) is 141 Å². The van der Waals surface area contributed by atoms with Gasteiger partial charge in [-0.25, -0.2) is 9.97 Å². The smallest absolute Gasteiger partial charge is 0.160 e. The molecule has 0 N–H and O–H groups in total. The van der Waals surface area contributed by atoms with E-state index < -0.39 is 0 Å². The number of nitrogens with zero attached hydrogens (tertiary/aromatic N) is 4. The highest BCUT2D eigenvalue weighted by atomic mass is 15.0. The van der Waals surface area contributed by atoms with Crippen molar-refractivity contribution in [1.29, 1.82) is 5.26 Å². The van der Waals surface area contributed by atoms with Crippen LogP contribution in [0, 0.1) is 11.3 Å². The molecule has 4 nitrogen and oxygen atoms in total. The molecule has 0 amide bonds. The predicted molar refractivity (Wildman–Crippen MR) is 220 cm³/mol. The summed E-state index contributed by atoms with van der Waals surface area (Å²) in [6.45, 7) is 4.67. The Hall–Kier alpha value is -7.09. The summed E-state index contributed by atoms with van der Waals surface area (Å²) >= 11 is 0. The van der Waals surface area contributed by atoms with Crippen molar-refractivity contribution in [3.8, 4) is 67.9 Å². The lowest BCUT2D eigenvalue weighted by Gasteiger charge is -2.21. The van der Waals surface area contributed by atoms with Gasteiger partial charge in [-0.2, -0.15) is 5.26 Å². The summed E-state index contributed by atoms with van der Waals surface area (Å²) in [5.74, 6) is 0.643. The molecule has 0 spiro atoms. The molecule has 0 saturated heterocycles. The largest absolute Gasteiger partial charge is 0.309 e. The van der Waals surface area contributed by atoms with Gasteiger partial charge in [0.05, 0.1) is 34.1 Å². The molecule has 0 unspecified atom stereocenters. The molecule has 54 heavy (non-hydrogen) atoms. The van der Waals surface area contributed by atoms with Gasteiger partial charge < -0.3 is 4.57 Å². The molecule has 2 heterocycles. The van der Waals surface area contributed by atoms with Crippen molar-refractivity contribution >= 4 is 21.8 Å². The third kappa shape index (κ3) is 4.98. The number of fused-ring (bicyclic) bond motifs is 7. The summed E-state index contributed by atoms with van der Waals surface area (Å²) in [4.78, 5) is 10.5. The molecule has 1 aliphatic carbocycles. The van der Waals surface area contributed by atoms with Crippen molar-refractivity contribution in [3.63, 3.8) is 0 Å². The SMILES string of the molecule is CC1(C)c2ccccc2-c2c1ccc1c3ccccc3n(-c3cc(-c4ccc(C#N)cc4)cc(-c4nc(-c5ccccc5)cc(-c5ccccc5)n4)c3)c21. The summed E-state index contributed by atoms with van der Waals surface area (Å²) < 4.78 is 2.44. The van der Waals surface area contributed by atoms with E-state index in [0.29, 0.717) is 11.4 Å². The molecule has 0 saturated carbocycles. The van der Waals surface area contributed by atoms with Crippen LogP contribution in [0.4, 0.5) is 0 Å². The van der Waals surface area contributed by atoms with Crippen LogP contribution < -0.4 is 0 Å². The summed E-state index contributed by atoms with van der Waals surface area (Å²) in [6.07, 6.45) is 0. The number of aromatic nitrogens is 3. The molecule has 0 bridgehead atoms. The highest BCUT2D eigenvalue weighted by molar-refractivity contribution is 6.15. The minimum absolute atomic E-state index is 0.142. The second-order valence-electron chi connectivity index (χ2n) is 14.6. The van der Waals surface area contributed by atoms with E-state index in [0.717, 1.165) is 50.4 Å². The molecule has 0 fully saturated rings. The molecule has 254 valence electrons. The number of rotatable bonds is 5. The van der Waals surface area contributed by atoms with Crippen LogP contribution in [0.1, 0.15) is 30.5 Å². The first-order chi connectivity index (χ1) is 26.5. The first-order valence-corrected chi connectivity index (χ1v) is 18.3. The maximum atomic E-state index is 9.62. The van der Waals surface area contributed by atoms with Crippen LogP contribution in [0.25, 0.3) is 83.6 Å². The zero-order valence-electron chi connectivity index (χ0n) is 30.0. The van der Waals surface area contributed by atoms with E-state index in [9.17, 15) is 5.26 Å². The fourth-order valence-electron chi connectivity index (χ4n) is 8.37. The Balaban J connectivity index is 1.30. The van der Waals surface area contributed by atoms with Crippen LogP contribution in [0.5, 0.6) is 0 Å². The van der Waals surface area contributed by atoms with Gasteiger partial charge in [-0.05, 0) is 70.3 Å². The Kier molecular flexibility index (Phi) is 7.18. The van der Waals surface area contributed by atoms with Crippen molar-refractivity contribution in [1.82, 2.24) is 14.5 Å². The van der Waals surface area contributed by atoms with Gasteiger partial charge in [-0.3, -0.25) is 0 Å². The van der Waals surface area contributed by atoms with Gasteiger partial charge in [-0.15, -0.1) is 0 Å². The summed E-state index contributed by atoms with van der Waals surface area (Å²) in [5, 5.41) is 12.0. The third-order valence-corrected chi connectivity index (χ3v) is 11.0. The number of para-hydroxylation sites is 1. The molecule has 0 radical (unpaired) electrons. The standard InChI is InChI=1S/C50H34N4/c1-50(2)42-19-11-9-18-41(42)47-43(50)26-25-40-39-17-10-12-20-46(39)54(48(40)47)38-28-36(33-23-21-32(31-51)22-24-33)27-37(29-38)49-52-44(34-13-5-3-6-14-34)30-45(53-49)35-15-7-4-8-16-35/h3-30H,1-2H3. The third-order valence-electron chi connectivity index (χ3n) is 11.0. The van der Waals surface area contributed by atoms with Gasteiger partial charge in [0.2, 0.25) is 0 Å². The molecule has 0 aliphatic heterocycles. The maximum absolute atomic E-state index is 9.62. The van der Waals surface area contributed by atoms with Crippen LogP contribution >= 0.6 is 0 Å². The molecular weight excluding hydrogens is 657 g/mol. The normalized spacial score (nSPS) is 12.8. The van der Waals surface area contributed by atoms with Gasteiger partial charge >= 0.3 is 0 Å². The van der Waals surface area contributed by atoms with Crippen molar-refractivity contribution < 1.29 is 0 Å². The van der Waals surface area contributed by atoms with E-state index in [-0.39, 0.29) is 5.41 Å². The summed E-state index contributed by atoms with van der Waals surface area (Å²) in [7, 11) is 0. The predicted octanol–water partition coefficient (Wildman–Crippen LogP) is 12.4. The van der Waals surface area contributed by atoms with E-state index in [4.69, 9.17) is 9.97 Å². The minimum Gasteiger partial charge on any atom is -0.309 e. The van der Waals surface area contributed by atoms with Crippen LogP contribution in [-0.4, -0.2) is 14.5 Å². The lowest BCUT2D eigenvalue weighted by Crippen LogP contribution is -2.14. The van der Waals surface area contributed by atoms with Crippen molar-refractivity contribution in [2.75, 3.05) is 0 Å². The Morgan fingerprint density at radius 1 is 0.519 bits per heavy atom. The van der Waals surface area contributed by atoms with E-state index in [1.54, 1.807) is 0 Å². The topological polar surface area (TPSA) is 54.5 Å². The molecule has 1 aliphatic rings. The van der Waals surface area contributed by atoms with E-state index in [1.165, 1.54) is 38.5 Å². The van der Waals surface area contributed by atoms with Gasteiger partial charge in [0.1, 0.15) is 0 Å². The Morgan fingerprint density at radius 2 is 1.15 bits per heavy atom. The Morgan fingerprint density at radius 3 is 1.85 bits per heavy atom. The van der Waals surface area contributed by atoms with Crippen LogP contribution in [0.3, 0.4) is 0 Å². The Labute approximate surface area is 314 Å². The average Bonchev–Trinajstić information content (AvgIpc) is 3.70. The second kappa shape index (κ2) is 12.3. The number of hydrogen-bond donors (Lipinski definition) is 0. The van der Waals surface area contributed by atoms with Crippen LogP contribution in [0.15, 0.2) is 170 Å². The number of nitriles is 1. The Bertz CT molecular complexity index is 2890. The zero-order chi connectivity index (χ0) is 36.4. The van der Waals surface area contributed by atoms with E-state index in [1.807, 2.05) is 60.7 Å². The lowest BCUT2D eigenvalue weighted by atomic mass is 9.82. The lowest BCUT2D eigenvalue weighted by molar-refractivity contribution is 0.661. The molecule has 10 rings (SSSR count). The fraction of sp³-hybridized carbons (Fsp3) is 0.0600. The summed E-state index contributed by atoms with van der Waals surface area (Å²) in [6, 6.07) is 61.7. The first-order valence-electron chi connectivity index (χ1n) is 18.3. The van der Waals surface area contributed by atoms with Gasteiger partial charge in [0.25, 0.3) is 0 Å². The molecule has 2 aromatic heterocycles. The minimum atomic E-state index is -0.142. The van der Waals surface area contributed by atoms with Crippen molar-refractivity contribution in [2.45, 2.75) is 19.3 Å². The molecule has 9 aromatic rings. The van der Waals surface area contributed by atoms with Gasteiger partial charge in [0, 0.05) is 44.1 Å². The fourth-order valence-corrected chi connectivity index (χ4v) is 8.37. The first kappa shape index (κ1) is 31.6. The second-order valence-corrected chi connectivity index (χ2v) is 14.6. The van der Waals surface area contributed by atoms with Crippen LogP contribution in [-0.2, 0) is 5.41 Å². The molecule has 7 aromatic carbocycles. The van der Waals surface area contributed by atoms with E-state index in [2.05, 4.69) is 134 Å². The van der Waals surface area contributed by atoms with E-state index >= 15 is 0 Å². The molecule has 0 atom stereocenters. The number of hydrogen-bond acceptors (Lipinski definition) is 3. The summed E-state index contributed by atoms with van der Waals surface area (Å²) in [5.41, 5.74) is 15.8. The number of benzene rings is 7. The average molecular weight is 691 g/mol. The molecule has 4 heteroatoms. The molecular formula is C50H34N4. The van der Waals surface area contributed by atoms with Crippen molar-refractivity contribution in [2.24, 2.45) is 0 Å². The van der Waals surface area contributed by atoms with Crippen LogP contribution in [0.2, 0.25) is 0 Å². The highest BCUT2D eigenvalue weighted by Gasteiger charge is 2.37.